The summed E-state index contributed by atoms with van der Waals surface area (Å²) < 4.78 is 0. The maximum Gasteiger partial charge on any atom is 0.109 e. The van der Waals surface area contributed by atoms with Gasteiger partial charge < -0.3 is 10.4 Å². The molecule has 0 spiro atoms. The summed E-state index contributed by atoms with van der Waals surface area (Å²) in [5.41, 5.74) is 0.867. The van der Waals surface area contributed by atoms with Crippen LogP contribution in [0.25, 0.3) is 0 Å². The molecule has 0 fully saturated rings. The molecule has 1 aromatic carbocycles. The summed E-state index contributed by atoms with van der Waals surface area (Å²) in [5, 5.41) is 17.2. The first-order valence-electron chi connectivity index (χ1n) is 6.27. The van der Waals surface area contributed by atoms with Gasteiger partial charge >= 0.3 is 0 Å². The lowest BCUT2D eigenvalue weighted by Gasteiger charge is -2.18. The second kappa shape index (κ2) is 7.01. The lowest BCUT2D eigenvalue weighted by atomic mass is 10.1. The molecule has 19 heavy (non-hydrogen) atoms. The number of halogens is 1. The number of hydrogen-bond acceptors (Lipinski definition) is 4. The monoisotopic (exact) mass is 296 g/mol. The van der Waals surface area contributed by atoms with Gasteiger partial charge in [0, 0.05) is 23.1 Å². The quantitative estimate of drug-likeness (QED) is 0.856. The van der Waals surface area contributed by atoms with E-state index < -0.39 is 6.10 Å². The van der Waals surface area contributed by atoms with E-state index in [9.17, 15) is 5.11 Å². The number of nitrogens with one attached hydrogen (secondary N) is 1. The molecule has 2 unspecified atom stereocenters. The van der Waals surface area contributed by atoms with Gasteiger partial charge in [0.2, 0.25) is 0 Å². The fraction of sp³-hybridized carbons (Fsp3) is 0.357. The van der Waals surface area contributed by atoms with Crippen molar-refractivity contribution in [2.45, 2.75) is 25.5 Å². The summed E-state index contributed by atoms with van der Waals surface area (Å²) in [6, 6.07) is 7.47. The molecule has 0 aliphatic heterocycles. The zero-order valence-corrected chi connectivity index (χ0v) is 12.3. The Morgan fingerprint density at radius 1 is 1.37 bits per heavy atom. The van der Waals surface area contributed by atoms with Crippen LogP contribution in [-0.4, -0.2) is 16.6 Å². The minimum absolute atomic E-state index is 0.196. The van der Waals surface area contributed by atoms with E-state index in [4.69, 9.17) is 11.6 Å². The maximum absolute atomic E-state index is 10.1. The molecule has 2 aromatic rings. The predicted molar refractivity (Wildman–Crippen MR) is 79.6 cm³/mol. The lowest BCUT2D eigenvalue weighted by molar-refractivity contribution is 0.169. The van der Waals surface area contributed by atoms with Gasteiger partial charge in [-0.15, -0.1) is 11.3 Å². The van der Waals surface area contributed by atoms with Crippen molar-refractivity contribution in [3.8, 4) is 0 Å². The minimum atomic E-state index is -0.536. The third-order valence-electron chi connectivity index (χ3n) is 2.97. The van der Waals surface area contributed by atoms with E-state index in [2.05, 4.69) is 17.2 Å². The Hall–Kier alpha value is -0.940. The van der Waals surface area contributed by atoms with Gasteiger partial charge in [0.25, 0.3) is 0 Å². The number of benzene rings is 1. The van der Waals surface area contributed by atoms with Crippen molar-refractivity contribution >= 4 is 22.9 Å². The summed E-state index contributed by atoms with van der Waals surface area (Å²) in [5.74, 6) is 0. The van der Waals surface area contributed by atoms with E-state index in [0.29, 0.717) is 11.6 Å². The number of aromatic nitrogens is 1. The zero-order valence-electron chi connectivity index (χ0n) is 10.7. The van der Waals surface area contributed by atoms with E-state index >= 15 is 0 Å². The molecule has 0 aliphatic carbocycles. The molecular weight excluding hydrogens is 280 g/mol. The Balaban J connectivity index is 1.92. The fourth-order valence-electron chi connectivity index (χ4n) is 1.87. The van der Waals surface area contributed by atoms with Crippen molar-refractivity contribution < 1.29 is 5.11 Å². The molecule has 2 atom stereocenters. The van der Waals surface area contributed by atoms with Gasteiger partial charge in [-0.2, -0.15) is 0 Å². The molecule has 1 aromatic heterocycles. The van der Waals surface area contributed by atoms with E-state index in [1.807, 2.05) is 17.5 Å². The first-order valence-corrected chi connectivity index (χ1v) is 7.52. The van der Waals surface area contributed by atoms with Crippen molar-refractivity contribution in [1.82, 2.24) is 10.3 Å². The standard InChI is InChI=1S/C14H17ClN2OS/c1-2-12(14-16-7-8-19-14)17-9-13(18)10-3-5-11(15)6-4-10/h3-8,12-13,17-18H,2,9H2,1H3. The SMILES string of the molecule is CCC(NCC(O)c1ccc(Cl)cc1)c1nccs1. The summed E-state index contributed by atoms with van der Waals surface area (Å²) in [6.07, 6.45) is 2.21. The normalized spacial score (nSPS) is 14.3. The highest BCUT2D eigenvalue weighted by atomic mass is 35.5. The van der Waals surface area contributed by atoms with Crippen LogP contribution in [0.1, 0.15) is 36.1 Å². The molecule has 2 N–H and O–H groups in total. The summed E-state index contributed by atoms with van der Waals surface area (Å²) in [4.78, 5) is 4.31. The van der Waals surface area contributed by atoms with Crippen molar-refractivity contribution in [2.75, 3.05) is 6.54 Å². The number of nitrogens with zero attached hydrogens (tertiary/aromatic N) is 1. The van der Waals surface area contributed by atoms with Gasteiger partial charge in [-0.25, -0.2) is 4.98 Å². The molecule has 0 bridgehead atoms. The van der Waals surface area contributed by atoms with Crippen LogP contribution in [0.5, 0.6) is 0 Å². The molecule has 1 heterocycles. The van der Waals surface area contributed by atoms with E-state index in [-0.39, 0.29) is 6.04 Å². The van der Waals surface area contributed by atoms with E-state index in [1.54, 1.807) is 29.7 Å². The molecule has 0 aliphatic rings. The van der Waals surface area contributed by atoms with Crippen LogP contribution in [0, 0.1) is 0 Å². The first-order chi connectivity index (χ1) is 9.20. The van der Waals surface area contributed by atoms with Gasteiger partial charge in [0.15, 0.2) is 0 Å². The molecule has 0 amide bonds. The Labute approximate surface area is 122 Å². The number of hydrogen-bond donors (Lipinski definition) is 2. The Bertz CT molecular complexity index is 487. The molecule has 3 nitrogen and oxygen atoms in total. The van der Waals surface area contributed by atoms with Crippen LogP contribution in [0.3, 0.4) is 0 Å². The van der Waals surface area contributed by atoms with E-state index in [0.717, 1.165) is 17.0 Å². The molecule has 0 saturated heterocycles. The highest BCUT2D eigenvalue weighted by Crippen LogP contribution is 2.21. The van der Waals surface area contributed by atoms with Crippen LogP contribution in [0.4, 0.5) is 0 Å². The number of aliphatic hydroxyl groups excluding tert-OH is 1. The van der Waals surface area contributed by atoms with Crippen molar-refractivity contribution in [3.05, 3.63) is 51.4 Å². The van der Waals surface area contributed by atoms with Gasteiger partial charge in [-0.3, -0.25) is 0 Å². The third-order valence-corrected chi connectivity index (χ3v) is 4.11. The van der Waals surface area contributed by atoms with E-state index in [1.165, 1.54) is 0 Å². The fourth-order valence-corrected chi connectivity index (χ4v) is 2.79. The van der Waals surface area contributed by atoms with Gasteiger partial charge in [0.1, 0.15) is 5.01 Å². The molecule has 102 valence electrons. The molecule has 0 saturated carbocycles. The summed E-state index contributed by atoms with van der Waals surface area (Å²) in [6.45, 7) is 2.60. The van der Waals surface area contributed by atoms with Crippen LogP contribution >= 0.6 is 22.9 Å². The third kappa shape index (κ3) is 4.01. The second-order valence-electron chi connectivity index (χ2n) is 4.31. The van der Waals surface area contributed by atoms with Gasteiger partial charge in [-0.05, 0) is 24.1 Å². The zero-order chi connectivity index (χ0) is 13.7. The second-order valence-corrected chi connectivity index (χ2v) is 5.67. The smallest absolute Gasteiger partial charge is 0.109 e. The molecule has 0 radical (unpaired) electrons. The first kappa shape index (κ1) is 14.5. The number of aliphatic hydroxyl groups is 1. The molecular formula is C14H17ClN2OS. The minimum Gasteiger partial charge on any atom is -0.387 e. The summed E-state index contributed by atoms with van der Waals surface area (Å²) >= 11 is 7.46. The van der Waals surface area contributed by atoms with Crippen LogP contribution in [-0.2, 0) is 0 Å². The van der Waals surface area contributed by atoms with Gasteiger partial charge in [-0.1, -0.05) is 30.7 Å². The average molecular weight is 297 g/mol. The van der Waals surface area contributed by atoms with Crippen LogP contribution in [0.2, 0.25) is 5.02 Å². The van der Waals surface area contributed by atoms with Crippen molar-refractivity contribution in [1.29, 1.82) is 0 Å². The maximum atomic E-state index is 10.1. The van der Waals surface area contributed by atoms with Crippen molar-refractivity contribution in [3.63, 3.8) is 0 Å². The highest BCUT2D eigenvalue weighted by molar-refractivity contribution is 7.09. The Morgan fingerprint density at radius 3 is 2.68 bits per heavy atom. The highest BCUT2D eigenvalue weighted by Gasteiger charge is 2.14. The van der Waals surface area contributed by atoms with Gasteiger partial charge in [0.05, 0.1) is 12.1 Å². The van der Waals surface area contributed by atoms with Crippen LogP contribution in [0.15, 0.2) is 35.8 Å². The van der Waals surface area contributed by atoms with Crippen molar-refractivity contribution in [2.24, 2.45) is 0 Å². The summed E-state index contributed by atoms with van der Waals surface area (Å²) in [7, 11) is 0. The Kier molecular flexibility index (Phi) is 5.34. The number of rotatable bonds is 6. The van der Waals surface area contributed by atoms with Crippen LogP contribution < -0.4 is 5.32 Å². The molecule has 5 heteroatoms. The molecule has 2 rings (SSSR count). The lowest BCUT2D eigenvalue weighted by Crippen LogP contribution is -2.26. The largest absolute Gasteiger partial charge is 0.387 e. The topological polar surface area (TPSA) is 45.1 Å². The predicted octanol–water partition coefficient (Wildman–Crippen LogP) is 3.57. The number of thiazole rings is 1. The average Bonchev–Trinajstić information content (AvgIpc) is 2.94. The Morgan fingerprint density at radius 2 is 2.11 bits per heavy atom.